The van der Waals surface area contributed by atoms with Gasteiger partial charge in [-0.1, -0.05) is 36.5 Å². The quantitative estimate of drug-likeness (QED) is 0.653. The van der Waals surface area contributed by atoms with Gasteiger partial charge in [-0.25, -0.2) is 4.98 Å². The van der Waals surface area contributed by atoms with Gasteiger partial charge in [0.15, 0.2) is 16.6 Å². The Kier molecular flexibility index (Phi) is 5.68. The van der Waals surface area contributed by atoms with E-state index in [1.54, 1.807) is 11.3 Å². The van der Waals surface area contributed by atoms with Crippen LogP contribution in [-0.2, 0) is 11.2 Å². The molecule has 5 rings (SSSR count). The lowest BCUT2D eigenvalue weighted by Crippen LogP contribution is -2.45. The topological polar surface area (TPSA) is 63.7 Å². The summed E-state index contributed by atoms with van der Waals surface area (Å²) in [5.74, 6) is 1.65. The molecule has 0 bridgehead atoms. The molecular weight excluding hydrogens is 410 g/mol. The number of hydrogen-bond donors (Lipinski definition) is 1. The second-order valence-corrected chi connectivity index (χ2v) is 9.17. The van der Waals surface area contributed by atoms with E-state index in [4.69, 9.17) is 14.5 Å². The Balaban J connectivity index is 1.12. The number of nitrogens with one attached hydrogen (secondary N) is 1. The molecule has 1 amide bonds. The van der Waals surface area contributed by atoms with Crippen LogP contribution in [0.5, 0.6) is 11.5 Å². The maximum Gasteiger partial charge on any atom is 0.223 e. The Morgan fingerprint density at radius 1 is 1.19 bits per heavy atom. The number of benzene rings is 2. The number of aromatic nitrogens is 1. The Morgan fingerprint density at radius 2 is 2.00 bits per heavy atom. The van der Waals surface area contributed by atoms with Crippen molar-refractivity contribution in [1.29, 1.82) is 0 Å². The number of carbonyl (C=O) groups is 1. The average Bonchev–Trinajstić information content (AvgIpc) is 3.26. The first-order chi connectivity index (χ1) is 15.2. The molecule has 3 aromatic rings. The maximum absolute atomic E-state index is 12.7. The number of anilines is 1. The molecule has 162 valence electrons. The fourth-order valence-corrected chi connectivity index (χ4v) is 5.25. The van der Waals surface area contributed by atoms with Gasteiger partial charge in [0, 0.05) is 19.0 Å². The summed E-state index contributed by atoms with van der Waals surface area (Å²) in [6.07, 6.45) is 2.56. The van der Waals surface area contributed by atoms with E-state index in [1.807, 2.05) is 24.3 Å². The number of piperidine rings is 1. The highest BCUT2D eigenvalue weighted by molar-refractivity contribution is 7.22. The van der Waals surface area contributed by atoms with Crippen molar-refractivity contribution < 1.29 is 14.3 Å². The number of rotatable bonds is 5. The predicted octanol–water partition coefficient (Wildman–Crippen LogP) is 4.03. The molecule has 1 aromatic heterocycles. The maximum atomic E-state index is 12.7. The minimum Gasteiger partial charge on any atom is -0.486 e. The lowest BCUT2D eigenvalue weighted by Gasteiger charge is -2.31. The first-order valence-electron chi connectivity index (χ1n) is 11.0. The molecule has 6 nitrogen and oxygen atoms in total. The van der Waals surface area contributed by atoms with Gasteiger partial charge in [-0.3, -0.25) is 4.79 Å². The Labute approximate surface area is 186 Å². The second-order valence-electron chi connectivity index (χ2n) is 8.16. The highest BCUT2D eigenvalue weighted by Gasteiger charge is 2.28. The number of aryl methyl sites for hydroxylation is 1. The number of carbonyl (C=O) groups excluding carboxylic acids is 1. The van der Waals surface area contributed by atoms with E-state index in [1.165, 1.54) is 10.3 Å². The van der Waals surface area contributed by atoms with Gasteiger partial charge in [0.25, 0.3) is 0 Å². The largest absolute Gasteiger partial charge is 0.486 e. The van der Waals surface area contributed by atoms with E-state index in [9.17, 15) is 4.79 Å². The zero-order valence-electron chi connectivity index (χ0n) is 17.7. The molecule has 2 aliphatic heterocycles. The van der Waals surface area contributed by atoms with E-state index in [2.05, 4.69) is 35.3 Å². The first kappa shape index (κ1) is 20.1. The molecule has 0 saturated carbocycles. The van der Waals surface area contributed by atoms with Gasteiger partial charge in [-0.2, -0.15) is 0 Å². The van der Waals surface area contributed by atoms with Crippen LogP contribution in [0.15, 0.2) is 42.5 Å². The van der Waals surface area contributed by atoms with Gasteiger partial charge in [0.1, 0.15) is 12.7 Å². The highest BCUT2D eigenvalue weighted by atomic mass is 32.1. The van der Waals surface area contributed by atoms with Crippen molar-refractivity contribution in [2.75, 3.05) is 31.1 Å². The van der Waals surface area contributed by atoms with E-state index < -0.39 is 0 Å². The molecule has 1 saturated heterocycles. The summed E-state index contributed by atoms with van der Waals surface area (Å²) < 4.78 is 12.9. The van der Waals surface area contributed by atoms with Gasteiger partial charge in [-0.15, -0.1) is 0 Å². The minimum atomic E-state index is -0.158. The Hall–Kier alpha value is -2.80. The lowest BCUT2D eigenvalue weighted by molar-refractivity contribution is -0.126. The monoisotopic (exact) mass is 437 g/mol. The minimum absolute atomic E-state index is 0.0362. The van der Waals surface area contributed by atoms with E-state index in [0.717, 1.165) is 54.5 Å². The van der Waals surface area contributed by atoms with Crippen LogP contribution in [-0.4, -0.2) is 43.2 Å². The van der Waals surface area contributed by atoms with Crippen molar-refractivity contribution in [3.05, 3.63) is 48.0 Å². The van der Waals surface area contributed by atoms with Gasteiger partial charge < -0.3 is 19.7 Å². The Bertz CT molecular complexity index is 1070. The molecular formula is C24H27N3O3S. The smallest absolute Gasteiger partial charge is 0.223 e. The normalized spacial score (nSPS) is 18.9. The van der Waals surface area contributed by atoms with Gasteiger partial charge in [0.2, 0.25) is 5.91 Å². The molecule has 1 N–H and O–H groups in total. The van der Waals surface area contributed by atoms with Crippen LogP contribution in [0.3, 0.4) is 0 Å². The van der Waals surface area contributed by atoms with Crippen molar-refractivity contribution in [2.24, 2.45) is 5.92 Å². The van der Waals surface area contributed by atoms with Crippen molar-refractivity contribution in [3.8, 4) is 11.5 Å². The van der Waals surface area contributed by atoms with Crippen molar-refractivity contribution >= 4 is 32.6 Å². The van der Waals surface area contributed by atoms with Gasteiger partial charge in [0.05, 0.1) is 16.8 Å². The molecule has 1 fully saturated rings. The van der Waals surface area contributed by atoms with Crippen LogP contribution >= 0.6 is 11.3 Å². The summed E-state index contributed by atoms with van der Waals surface area (Å²) in [6, 6.07) is 14.1. The predicted molar refractivity (Wildman–Crippen MR) is 123 cm³/mol. The number of thiazole rings is 1. The third-order valence-electron chi connectivity index (χ3n) is 6.06. The van der Waals surface area contributed by atoms with Crippen LogP contribution < -0.4 is 19.7 Å². The van der Waals surface area contributed by atoms with Crippen LogP contribution in [0, 0.1) is 5.92 Å². The van der Waals surface area contributed by atoms with Crippen LogP contribution in [0.1, 0.15) is 25.3 Å². The van der Waals surface area contributed by atoms with Crippen molar-refractivity contribution in [1.82, 2.24) is 10.3 Å². The fraction of sp³-hybridized carbons (Fsp3) is 0.417. The molecule has 2 aromatic carbocycles. The van der Waals surface area contributed by atoms with Crippen molar-refractivity contribution in [2.45, 2.75) is 32.3 Å². The standard InChI is InChI=1S/C24H27N3O3S/c1-2-16-7-8-19-22(13-16)31-24(26-19)27-11-9-17(10-12-27)23(28)25-14-18-15-29-20-5-3-4-6-21(20)30-18/h3-8,13,17-18H,2,9-12,14-15H2,1H3,(H,25,28). The number of fused-ring (bicyclic) bond motifs is 2. The number of ether oxygens (including phenoxy) is 2. The summed E-state index contributed by atoms with van der Waals surface area (Å²) in [5.41, 5.74) is 2.40. The van der Waals surface area contributed by atoms with Gasteiger partial charge in [-0.05, 0) is 49.1 Å². The van der Waals surface area contributed by atoms with Crippen LogP contribution in [0.4, 0.5) is 5.13 Å². The molecule has 2 aliphatic rings. The lowest BCUT2D eigenvalue weighted by atomic mass is 9.96. The van der Waals surface area contributed by atoms with Crippen molar-refractivity contribution in [3.63, 3.8) is 0 Å². The summed E-state index contributed by atoms with van der Waals surface area (Å²) in [6.45, 7) is 4.80. The highest BCUT2D eigenvalue weighted by Crippen LogP contribution is 2.33. The summed E-state index contributed by atoms with van der Waals surface area (Å²) in [4.78, 5) is 19.8. The Morgan fingerprint density at radius 3 is 2.81 bits per heavy atom. The van der Waals surface area contributed by atoms with Crippen LogP contribution in [0.25, 0.3) is 10.2 Å². The fourth-order valence-electron chi connectivity index (χ4n) is 4.17. The average molecular weight is 438 g/mol. The van der Waals surface area contributed by atoms with E-state index in [0.29, 0.717) is 13.2 Å². The van der Waals surface area contributed by atoms with Crippen LogP contribution in [0.2, 0.25) is 0 Å². The molecule has 0 radical (unpaired) electrons. The third-order valence-corrected chi connectivity index (χ3v) is 7.14. The number of amides is 1. The number of nitrogens with zero attached hydrogens (tertiary/aromatic N) is 2. The molecule has 0 spiro atoms. The third kappa shape index (κ3) is 4.32. The molecule has 0 aliphatic carbocycles. The molecule has 1 atom stereocenters. The molecule has 7 heteroatoms. The summed E-state index contributed by atoms with van der Waals surface area (Å²) in [7, 11) is 0. The summed E-state index contributed by atoms with van der Waals surface area (Å²) in [5, 5.41) is 4.13. The van der Waals surface area contributed by atoms with E-state index >= 15 is 0 Å². The van der Waals surface area contributed by atoms with E-state index in [-0.39, 0.29) is 17.9 Å². The SMILES string of the molecule is CCc1ccc2nc(N3CCC(C(=O)NCC4COc5ccccc5O4)CC3)sc2c1. The number of para-hydroxylation sites is 2. The zero-order chi connectivity index (χ0) is 21.2. The molecule has 31 heavy (non-hydrogen) atoms. The zero-order valence-corrected chi connectivity index (χ0v) is 18.5. The molecule has 3 heterocycles. The second kappa shape index (κ2) is 8.75. The number of hydrogen-bond acceptors (Lipinski definition) is 6. The summed E-state index contributed by atoms with van der Waals surface area (Å²) >= 11 is 1.75. The first-order valence-corrected chi connectivity index (χ1v) is 11.8. The molecule has 1 unspecified atom stereocenters. The van der Waals surface area contributed by atoms with Gasteiger partial charge >= 0.3 is 0 Å².